The van der Waals surface area contributed by atoms with Crippen molar-refractivity contribution in [2.24, 2.45) is 5.41 Å². The standard InChI is InChI=1S/C21H32N2O/c1-6-21(3,16-17(2)18-10-8-7-9-11-18)20(24)23(5)19-12-14-22(4)15-13-19/h7-11,19H,2,6,12-16H2,1,3-5H3. The Balaban J connectivity index is 2.07. The Labute approximate surface area is 147 Å². The third-order valence-corrected chi connectivity index (χ3v) is 5.64. The van der Waals surface area contributed by atoms with Crippen LogP contribution in [0.3, 0.4) is 0 Å². The molecule has 0 aromatic heterocycles. The summed E-state index contributed by atoms with van der Waals surface area (Å²) in [7, 11) is 4.13. The van der Waals surface area contributed by atoms with Crippen molar-refractivity contribution in [3.05, 3.63) is 42.5 Å². The van der Waals surface area contributed by atoms with Crippen molar-refractivity contribution < 1.29 is 4.79 Å². The van der Waals surface area contributed by atoms with Crippen molar-refractivity contribution in [2.75, 3.05) is 27.2 Å². The van der Waals surface area contributed by atoms with Crippen LogP contribution in [0, 0.1) is 5.41 Å². The van der Waals surface area contributed by atoms with Crippen LogP contribution in [0.25, 0.3) is 5.57 Å². The molecule has 1 amide bonds. The SMILES string of the molecule is C=C(CC(C)(CC)C(=O)N(C)C1CCN(C)CC1)c1ccccc1. The molecule has 1 saturated heterocycles. The molecule has 0 radical (unpaired) electrons. The molecule has 1 aromatic rings. The molecule has 24 heavy (non-hydrogen) atoms. The van der Waals surface area contributed by atoms with E-state index in [1.807, 2.05) is 30.1 Å². The van der Waals surface area contributed by atoms with E-state index in [-0.39, 0.29) is 11.3 Å². The van der Waals surface area contributed by atoms with E-state index in [9.17, 15) is 4.79 Å². The maximum Gasteiger partial charge on any atom is 0.228 e. The van der Waals surface area contributed by atoms with E-state index in [4.69, 9.17) is 0 Å². The highest BCUT2D eigenvalue weighted by Crippen LogP contribution is 2.36. The maximum absolute atomic E-state index is 13.2. The van der Waals surface area contributed by atoms with Gasteiger partial charge in [0.15, 0.2) is 0 Å². The molecule has 1 unspecified atom stereocenters. The Kier molecular flexibility index (Phi) is 6.22. The van der Waals surface area contributed by atoms with Crippen molar-refractivity contribution in [1.82, 2.24) is 9.80 Å². The molecule has 0 saturated carbocycles. The van der Waals surface area contributed by atoms with E-state index < -0.39 is 0 Å². The van der Waals surface area contributed by atoms with Gasteiger partial charge >= 0.3 is 0 Å². The monoisotopic (exact) mass is 328 g/mol. The van der Waals surface area contributed by atoms with Gasteiger partial charge in [0.05, 0.1) is 5.41 Å². The van der Waals surface area contributed by atoms with Gasteiger partial charge in [0, 0.05) is 13.1 Å². The molecule has 0 spiro atoms. The highest BCUT2D eigenvalue weighted by Gasteiger charge is 2.37. The number of rotatable bonds is 6. The Morgan fingerprint density at radius 1 is 1.29 bits per heavy atom. The molecule has 1 atom stereocenters. The second-order valence-electron chi connectivity index (χ2n) is 7.51. The zero-order valence-electron chi connectivity index (χ0n) is 15.7. The van der Waals surface area contributed by atoms with Crippen LogP contribution in [-0.4, -0.2) is 48.9 Å². The average molecular weight is 328 g/mol. The van der Waals surface area contributed by atoms with Crippen molar-refractivity contribution in [2.45, 2.75) is 45.6 Å². The van der Waals surface area contributed by atoms with E-state index in [0.29, 0.717) is 12.5 Å². The first-order valence-electron chi connectivity index (χ1n) is 9.06. The fraction of sp³-hybridized carbons (Fsp3) is 0.571. The predicted octanol–water partition coefficient (Wildman–Crippen LogP) is 4.06. The Bertz CT molecular complexity index is 560. The molecule has 1 heterocycles. The second kappa shape index (κ2) is 7.98. The molecule has 132 valence electrons. The minimum atomic E-state index is -0.384. The van der Waals surface area contributed by atoms with Gasteiger partial charge in [-0.2, -0.15) is 0 Å². The maximum atomic E-state index is 13.2. The first-order valence-corrected chi connectivity index (χ1v) is 9.06. The van der Waals surface area contributed by atoms with Crippen molar-refractivity contribution in [3.8, 4) is 0 Å². The molecule has 1 fully saturated rings. The summed E-state index contributed by atoms with van der Waals surface area (Å²) in [6, 6.07) is 10.6. The number of amides is 1. The molecule has 0 aliphatic carbocycles. The van der Waals surface area contributed by atoms with Crippen LogP contribution in [0.5, 0.6) is 0 Å². The van der Waals surface area contributed by atoms with E-state index in [1.54, 1.807) is 0 Å². The van der Waals surface area contributed by atoms with Crippen LogP contribution >= 0.6 is 0 Å². The van der Waals surface area contributed by atoms with Crippen LogP contribution in [0.4, 0.5) is 0 Å². The summed E-state index contributed by atoms with van der Waals surface area (Å²) in [5, 5.41) is 0. The number of carbonyl (C=O) groups excluding carboxylic acids is 1. The molecule has 1 aromatic carbocycles. The van der Waals surface area contributed by atoms with Crippen LogP contribution in [0.2, 0.25) is 0 Å². The fourth-order valence-corrected chi connectivity index (χ4v) is 3.57. The van der Waals surface area contributed by atoms with Crippen molar-refractivity contribution in [1.29, 1.82) is 0 Å². The van der Waals surface area contributed by atoms with Gasteiger partial charge in [0.2, 0.25) is 5.91 Å². The summed E-state index contributed by atoms with van der Waals surface area (Å²) >= 11 is 0. The smallest absolute Gasteiger partial charge is 0.228 e. The zero-order chi connectivity index (χ0) is 17.7. The summed E-state index contributed by atoms with van der Waals surface area (Å²) in [4.78, 5) is 17.6. The number of carbonyl (C=O) groups is 1. The van der Waals surface area contributed by atoms with E-state index >= 15 is 0 Å². The third-order valence-electron chi connectivity index (χ3n) is 5.64. The van der Waals surface area contributed by atoms with E-state index in [1.165, 1.54) is 0 Å². The van der Waals surface area contributed by atoms with Crippen LogP contribution in [-0.2, 0) is 4.79 Å². The van der Waals surface area contributed by atoms with E-state index in [0.717, 1.165) is 43.5 Å². The molecule has 0 N–H and O–H groups in total. The summed E-state index contributed by atoms with van der Waals surface area (Å²) in [5.74, 6) is 0.261. The molecule has 0 bridgehead atoms. The number of likely N-dealkylation sites (tertiary alicyclic amines) is 1. The van der Waals surface area contributed by atoms with Gasteiger partial charge in [-0.05, 0) is 57.0 Å². The molecule has 1 aliphatic rings. The first-order chi connectivity index (χ1) is 11.4. The van der Waals surface area contributed by atoms with Gasteiger partial charge in [0.25, 0.3) is 0 Å². The number of hydrogen-bond donors (Lipinski definition) is 0. The number of allylic oxidation sites excluding steroid dienone is 1. The van der Waals surface area contributed by atoms with Gasteiger partial charge < -0.3 is 9.80 Å². The van der Waals surface area contributed by atoms with Gasteiger partial charge in [-0.1, -0.05) is 50.8 Å². The Morgan fingerprint density at radius 3 is 2.42 bits per heavy atom. The van der Waals surface area contributed by atoms with Crippen LogP contribution in [0.1, 0.15) is 45.1 Å². The van der Waals surface area contributed by atoms with Gasteiger partial charge in [0.1, 0.15) is 0 Å². The molecule has 1 aliphatic heterocycles. The largest absolute Gasteiger partial charge is 0.342 e. The van der Waals surface area contributed by atoms with Gasteiger partial charge in [-0.15, -0.1) is 0 Å². The predicted molar refractivity (Wildman–Crippen MR) is 102 cm³/mol. The summed E-state index contributed by atoms with van der Waals surface area (Å²) in [5.41, 5.74) is 1.79. The highest BCUT2D eigenvalue weighted by atomic mass is 16.2. The lowest BCUT2D eigenvalue weighted by atomic mass is 9.78. The van der Waals surface area contributed by atoms with Crippen molar-refractivity contribution >= 4 is 11.5 Å². The summed E-state index contributed by atoms with van der Waals surface area (Å²) in [6.45, 7) is 10.6. The zero-order valence-corrected chi connectivity index (χ0v) is 15.7. The minimum absolute atomic E-state index is 0.261. The van der Waals surface area contributed by atoms with Crippen LogP contribution < -0.4 is 0 Å². The number of piperidine rings is 1. The number of hydrogen-bond acceptors (Lipinski definition) is 2. The molecule has 2 rings (SSSR count). The van der Waals surface area contributed by atoms with Crippen molar-refractivity contribution in [3.63, 3.8) is 0 Å². The van der Waals surface area contributed by atoms with Crippen LogP contribution in [0.15, 0.2) is 36.9 Å². The lowest BCUT2D eigenvalue weighted by molar-refractivity contribution is -0.142. The minimum Gasteiger partial charge on any atom is -0.342 e. The normalized spacial score (nSPS) is 18.8. The van der Waals surface area contributed by atoms with Gasteiger partial charge in [-0.3, -0.25) is 4.79 Å². The lowest BCUT2D eigenvalue weighted by Crippen LogP contribution is -2.49. The third kappa shape index (κ3) is 4.27. The highest BCUT2D eigenvalue weighted by molar-refractivity contribution is 5.84. The summed E-state index contributed by atoms with van der Waals surface area (Å²) in [6.07, 6.45) is 3.67. The van der Waals surface area contributed by atoms with E-state index in [2.05, 4.69) is 44.5 Å². The Morgan fingerprint density at radius 2 is 1.88 bits per heavy atom. The quantitative estimate of drug-likeness (QED) is 0.786. The molecular formula is C21H32N2O. The molecular weight excluding hydrogens is 296 g/mol. The fourth-order valence-electron chi connectivity index (χ4n) is 3.57. The average Bonchev–Trinajstić information content (AvgIpc) is 2.61. The molecule has 3 heteroatoms. The Hall–Kier alpha value is -1.61. The van der Waals surface area contributed by atoms with Gasteiger partial charge in [-0.25, -0.2) is 0 Å². The number of benzene rings is 1. The summed E-state index contributed by atoms with van der Waals surface area (Å²) < 4.78 is 0. The molecule has 3 nitrogen and oxygen atoms in total. The first kappa shape index (κ1) is 18.7. The topological polar surface area (TPSA) is 23.6 Å². The number of nitrogens with zero attached hydrogens (tertiary/aromatic N) is 2. The second-order valence-corrected chi connectivity index (χ2v) is 7.51. The lowest BCUT2D eigenvalue weighted by Gasteiger charge is -2.40.